The van der Waals surface area contributed by atoms with Crippen molar-refractivity contribution in [1.82, 2.24) is 20.2 Å². The molecule has 0 atom stereocenters. The van der Waals surface area contributed by atoms with Gasteiger partial charge >= 0.3 is 0 Å². The number of amides is 1. The SMILES string of the molecule is O=C(NCCCc1ccccc1)c1cc(NCCN2CCOCC2)ncn1. The molecule has 7 heteroatoms. The molecule has 2 heterocycles. The molecule has 0 radical (unpaired) electrons. The highest BCUT2D eigenvalue weighted by Crippen LogP contribution is 2.05. The lowest BCUT2D eigenvalue weighted by Gasteiger charge is -2.26. The highest BCUT2D eigenvalue weighted by atomic mass is 16.5. The quantitative estimate of drug-likeness (QED) is 0.654. The normalized spacial score (nSPS) is 14.7. The summed E-state index contributed by atoms with van der Waals surface area (Å²) < 4.78 is 5.34. The first kappa shape index (κ1) is 19.3. The molecule has 1 fully saturated rings. The highest BCUT2D eigenvalue weighted by molar-refractivity contribution is 5.92. The number of nitrogens with one attached hydrogen (secondary N) is 2. The first-order valence-corrected chi connectivity index (χ1v) is 9.49. The Hall–Kier alpha value is -2.51. The molecule has 0 bridgehead atoms. The Morgan fingerprint density at radius 3 is 2.74 bits per heavy atom. The maximum atomic E-state index is 12.3. The Bertz CT molecular complexity index is 705. The fourth-order valence-electron chi connectivity index (χ4n) is 2.97. The van der Waals surface area contributed by atoms with Crippen molar-refractivity contribution in [3.8, 4) is 0 Å². The van der Waals surface area contributed by atoms with Crippen LogP contribution in [0.25, 0.3) is 0 Å². The molecule has 1 amide bonds. The van der Waals surface area contributed by atoms with Crippen LogP contribution in [0.5, 0.6) is 0 Å². The lowest BCUT2D eigenvalue weighted by Crippen LogP contribution is -2.39. The van der Waals surface area contributed by atoms with Gasteiger partial charge in [0.25, 0.3) is 5.91 Å². The van der Waals surface area contributed by atoms with Crippen molar-refractivity contribution in [3.63, 3.8) is 0 Å². The number of hydrogen-bond donors (Lipinski definition) is 2. The number of aromatic nitrogens is 2. The van der Waals surface area contributed by atoms with Gasteiger partial charge in [-0.3, -0.25) is 9.69 Å². The molecule has 3 rings (SSSR count). The van der Waals surface area contributed by atoms with E-state index in [1.165, 1.54) is 11.9 Å². The van der Waals surface area contributed by atoms with Crippen molar-refractivity contribution in [2.75, 3.05) is 51.3 Å². The first-order chi connectivity index (χ1) is 13.3. The molecule has 1 aliphatic heterocycles. The third-order valence-corrected chi connectivity index (χ3v) is 4.51. The number of morpholine rings is 1. The number of nitrogens with zero attached hydrogens (tertiary/aromatic N) is 3. The molecule has 1 aromatic carbocycles. The van der Waals surface area contributed by atoms with E-state index in [0.717, 1.165) is 52.2 Å². The van der Waals surface area contributed by atoms with Crippen molar-refractivity contribution < 1.29 is 9.53 Å². The molecule has 2 aromatic rings. The monoisotopic (exact) mass is 369 g/mol. The number of aryl methyl sites for hydroxylation is 1. The number of ether oxygens (including phenoxy) is 1. The van der Waals surface area contributed by atoms with E-state index in [9.17, 15) is 4.79 Å². The molecule has 2 N–H and O–H groups in total. The molecule has 144 valence electrons. The maximum absolute atomic E-state index is 12.3. The largest absolute Gasteiger partial charge is 0.379 e. The van der Waals surface area contributed by atoms with Crippen LogP contribution in [0, 0.1) is 0 Å². The van der Waals surface area contributed by atoms with Crippen molar-refractivity contribution >= 4 is 11.7 Å². The van der Waals surface area contributed by atoms with E-state index >= 15 is 0 Å². The minimum absolute atomic E-state index is 0.165. The van der Waals surface area contributed by atoms with Gasteiger partial charge in [0.2, 0.25) is 0 Å². The zero-order chi connectivity index (χ0) is 18.7. The molecule has 0 spiro atoms. The van der Waals surface area contributed by atoms with Crippen LogP contribution in [0.4, 0.5) is 5.82 Å². The molecule has 7 nitrogen and oxygen atoms in total. The van der Waals surface area contributed by atoms with E-state index < -0.39 is 0 Å². The summed E-state index contributed by atoms with van der Waals surface area (Å²) in [6, 6.07) is 12.0. The first-order valence-electron chi connectivity index (χ1n) is 9.49. The average molecular weight is 369 g/mol. The number of benzene rings is 1. The minimum Gasteiger partial charge on any atom is -0.379 e. The number of hydrogen-bond acceptors (Lipinski definition) is 6. The molecule has 0 unspecified atom stereocenters. The third kappa shape index (κ3) is 6.62. The van der Waals surface area contributed by atoms with Crippen LogP contribution < -0.4 is 10.6 Å². The Balaban J connectivity index is 1.38. The average Bonchev–Trinajstić information content (AvgIpc) is 2.73. The number of anilines is 1. The van der Waals surface area contributed by atoms with Gasteiger partial charge in [0.1, 0.15) is 17.8 Å². The predicted octanol–water partition coefficient (Wildman–Crippen LogP) is 1.58. The van der Waals surface area contributed by atoms with Gasteiger partial charge in [-0.15, -0.1) is 0 Å². The zero-order valence-electron chi connectivity index (χ0n) is 15.6. The van der Waals surface area contributed by atoms with E-state index in [1.54, 1.807) is 6.07 Å². The molecular weight excluding hydrogens is 342 g/mol. The Kier molecular flexibility index (Phi) is 7.56. The van der Waals surface area contributed by atoms with Gasteiger partial charge in [-0.1, -0.05) is 30.3 Å². The number of carbonyl (C=O) groups excluding carboxylic acids is 1. The van der Waals surface area contributed by atoms with E-state index in [1.807, 2.05) is 18.2 Å². The van der Waals surface area contributed by atoms with E-state index in [-0.39, 0.29) is 5.91 Å². The Morgan fingerprint density at radius 1 is 1.11 bits per heavy atom. The maximum Gasteiger partial charge on any atom is 0.270 e. The van der Waals surface area contributed by atoms with Crippen LogP contribution in [-0.2, 0) is 11.2 Å². The molecule has 27 heavy (non-hydrogen) atoms. The number of carbonyl (C=O) groups is 1. The minimum atomic E-state index is -0.165. The van der Waals surface area contributed by atoms with Gasteiger partial charge in [0, 0.05) is 38.8 Å². The van der Waals surface area contributed by atoms with Gasteiger partial charge in [0.05, 0.1) is 13.2 Å². The van der Waals surface area contributed by atoms with Crippen LogP contribution in [0.3, 0.4) is 0 Å². The van der Waals surface area contributed by atoms with Crippen molar-refractivity contribution in [3.05, 3.63) is 54.0 Å². The van der Waals surface area contributed by atoms with E-state index in [4.69, 9.17) is 4.74 Å². The van der Waals surface area contributed by atoms with Gasteiger partial charge in [0.15, 0.2) is 0 Å². The summed E-state index contributed by atoms with van der Waals surface area (Å²) in [6.07, 6.45) is 3.26. The molecule has 0 aliphatic carbocycles. The Morgan fingerprint density at radius 2 is 1.93 bits per heavy atom. The molecular formula is C20H27N5O2. The second-order valence-corrected chi connectivity index (χ2v) is 6.51. The summed E-state index contributed by atoms with van der Waals surface area (Å²) in [5.41, 5.74) is 1.67. The van der Waals surface area contributed by atoms with Crippen molar-refractivity contribution in [2.45, 2.75) is 12.8 Å². The topological polar surface area (TPSA) is 79.4 Å². The van der Waals surface area contributed by atoms with E-state index in [2.05, 4.69) is 37.6 Å². The number of rotatable bonds is 9. The third-order valence-electron chi connectivity index (χ3n) is 4.51. The van der Waals surface area contributed by atoms with Gasteiger partial charge in [-0.2, -0.15) is 0 Å². The van der Waals surface area contributed by atoms with Crippen LogP contribution in [0.1, 0.15) is 22.5 Å². The van der Waals surface area contributed by atoms with Crippen LogP contribution in [0.15, 0.2) is 42.7 Å². The predicted molar refractivity (Wildman–Crippen MR) is 105 cm³/mol. The molecule has 1 saturated heterocycles. The molecule has 1 aromatic heterocycles. The van der Waals surface area contributed by atoms with Crippen LogP contribution >= 0.6 is 0 Å². The second-order valence-electron chi connectivity index (χ2n) is 6.51. The summed E-state index contributed by atoms with van der Waals surface area (Å²) in [4.78, 5) is 22.9. The standard InChI is InChI=1S/C20H27N5O2/c26-20(22-8-4-7-17-5-2-1-3-6-17)18-15-19(24-16-23-18)21-9-10-25-11-13-27-14-12-25/h1-3,5-6,15-16H,4,7-14H2,(H,22,26)(H,21,23,24). The summed E-state index contributed by atoms with van der Waals surface area (Å²) in [5.74, 6) is 0.509. The lowest BCUT2D eigenvalue weighted by atomic mass is 10.1. The van der Waals surface area contributed by atoms with Gasteiger partial charge in [-0.25, -0.2) is 9.97 Å². The summed E-state index contributed by atoms with van der Waals surface area (Å²) in [7, 11) is 0. The zero-order valence-corrected chi connectivity index (χ0v) is 15.6. The summed E-state index contributed by atoms with van der Waals surface area (Å²) in [6.45, 7) is 5.83. The van der Waals surface area contributed by atoms with Gasteiger partial charge < -0.3 is 15.4 Å². The van der Waals surface area contributed by atoms with Crippen molar-refractivity contribution in [2.24, 2.45) is 0 Å². The Labute approximate surface area is 160 Å². The van der Waals surface area contributed by atoms with Gasteiger partial charge in [-0.05, 0) is 18.4 Å². The molecule has 1 aliphatic rings. The fourth-order valence-corrected chi connectivity index (χ4v) is 2.97. The second kappa shape index (κ2) is 10.6. The summed E-state index contributed by atoms with van der Waals surface area (Å²) in [5, 5.41) is 6.19. The lowest BCUT2D eigenvalue weighted by molar-refractivity contribution is 0.0398. The smallest absolute Gasteiger partial charge is 0.270 e. The fraction of sp³-hybridized carbons (Fsp3) is 0.450. The van der Waals surface area contributed by atoms with Crippen molar-refractivity contribution in [1.29, 1.82) is 0 Å². The summed E-state index contributed by atoms with van der Waals surface area (Å²) >= 11 is 0. The van der Waals surface area contributed by atoms with E-state index in [0.29, 0.717) is 18.1 Å². The van der Waals surface area contributed by atoms with Crippen LogP contribution in [0.2, 0.25) is 0 Å². The highest BCUT2D eigenvalue weighted by Gasteiger charge is 2.11. The molecule has 0 saturated carbocycles. The van der Waals surface area contributed by atoms with Crippen LogP contribution in [-0.4, -0.2) is 66.7 Å².